The van der Waals surface area contributed by atoms with E-state index < -0.39 is 24.2 Å². The van der Waals surface area contributed by atoms with E-state index in [0.717, 1.165) is 5.46 Å². The summed E-state index contributed by atoms with van der Waals surface area (Å²) < 4.78 is 11.9. The second-order valence-electron chi connectivity index (χ2n) is 5.83. The fourth-order valence-corrected chi connectivity index (χ4v) is 2.02. The molecule has 19 heavy (non-hydrogen) atoms. The van der Waals surface area contributed by atoms with Crippen LogP contribution in [0.25, 0.3) is 0 Å². The number of hydrogen-bond acceptors (Lipinski definition) is 4. The summed E-state index contributed by atoms with van der Waals surface area (Å²) in [6, 6.07) is 1.80. The van der Waals surface area contributed by atoms with Crippen LogP contribution in [0.4, 0.5) is 0 Å². The summed E-state index contributed by atoms with van der Waals surface area (Å²) in [7, 11) is -0.508. The first-order chi connectivity index (χ1) is 8.66. The van der Waals surface area contributed by atoms with Crippen LogP contribution in [0.15, 0.2) is 12.3 Å². The Balaban J connectivity index is 2.40. The first-order valence-electron chi connectivity index (χ1n) is 6.26. The molecule has 0 bridgehead atoms. The van der Waals surface area contributed by atoms with Crippen molar-refractivity contribution in [3.8, 4) is 0 Å². The molecule has 1 aromatic rings. The number of carbonyl (C=O) groups excluding carboxylic acids is 1. The highest BCUT2D eigenvalue weighted by atomic mass is 16.7. The van der Waals surface area contributed by atoms with Gasteiger partial charge in [-0.25, -0.2) is 0 Å². The van der Waals surface area contributed by atoms with Crippen molar-refractivity contribution in [2.24, 2.45) is 5.73 Å². The minimum atomic E-state index is -0.545. The molecule has 6 heteroatoms. The number of carbonyl (C=O) groups is 1. The van der Waals surface area contributed by atoms with Crippen molar-refractivity contribution in [1.82, 2.24) is 4.98 Å². The number of pyridine rings is 1. The van der Waals surface area contributed by atoms with Gasteiger partial charge in [-0.1, -0.05) is 0 Å². The monoisotopic (exact) mass is 262 g/mol. The lowest BCUT2D eigenvalue weighted by Gasteiger charge is -2.32. The molecule has 1 saturated heterocycles. The van der Waals surface area contributed by atoms with Crippen LogP contribution in [-0.2, 0) is 9.31 Å². The van der Waals surface area contributed by atoms with Gasteiger partial charge in [-0.15, -0.1) is 0 Å². The third-order valence-electron chi connectivity index (χ3n) is 3.99. The van der Waals surface area contributed by atoms with Crippen LogP contribution >= 0.6 is 0 Å². The molecular formula is C13H19BN2O3. The molecule has 0 atom stereocenters. The highest BCUT2D eigenvalue weighted by Crippen LogP contribution is 2.36. The molecule has 0 saturated carbocycles. The van der Waals surface area contributed by atoms with Gasteiger partial charge in [0.25, 0.3) is 5.91 Å². The molecule has 102 valence electrons. The maximum atomic E-state index is 11.3. The summed E-state index contributed by atoms with van der Waals surface area (Å²) >= 11 is 0. The summed E-state index contributed by atoms with van der Waals surface area (Å²) in [6.07, 6.45) is 1.55. The van der Waals surface area contributed by atoms with E-state index in [1.54, 1.807) is 19.2 Å². The van der Waals surface area contributed by atoms with Crippen molar-refractivity contribution in [3.63, 3.8) is 0 Å². The molecule has 2 N–H and O–H groups in total. The predicted molar refractivity (Wildman–Crippen MR) is 73.2 cm³/mol. The maximum Gasteiger partial charge on any atom is 0.495 e. The Bertz CT molecular complexity index is 513. The van der Waals surface area contributed by atoms with Crippen molar-refractivity contribution in [2.75, 3.05) is 0 Å². The number of aromatic nitrogens is 1. The number of amides is 1. The Kier molecular flexibility index (Phi) is 3.19. The zero-order valence-corrected chi connectivity index (χ0v) is 12.0. The molecule has 2 heterocycles. The number of rotatable bonds is 2. The minimum Gasteiger partial charge on any atom is -0.399 e. The Morgan fingerprint density at radius 2 is 1.79 bits per heavy atom. The second-order valence-corrected chi connectivity index (χ2v) is 5.83. The summed E-state index contributed by atoms with van der Waals surface area (Å²) in [6.45, 7) is 9.74. The van der Waals surface area contributed by atoms with Crippen molar-refractivity contribution in [3.05, 3.63) is 23.5 Å². The Labute approximate surface area is 113 Å². The minimum absolute atomic E-state index is 0.257. The maximum absolute atomic E-state index is 11.3. The topological polar surface area (TPSA) is 74.4 Å². The molecule has 1 aliphatic heterocycles. The molecule has 1 aliphatic rings. The molecule has 5 nitrogen and oxygen atoms in total. The molecule has 1 amide bonds. The Morgan fingerprint density at radius 1 is 1.26 bits per heavy atom. The van der Waals surface area contributed by atoms with Crippen LogP contribution in [0.5, 0.6) is 0 Å². The standard InChI is InChI=1S/C13H19BN2O3/c1-8-9(6-7-16-10(8)11(15)17)14-18-12(2,3)13(4,5)19-14/h6-7H,1-5H3,(H2,15,17). The average molecular weight is 262 g/mol. The van der Waals surface area contributed by atoms with Crippen LogP contribution in [0.2, 0.25) is 0 Å². The van der Waals surface area contributed by atoms with E-state index in [-0.39, 0.29) is 5.69 Å². The van der Waals surface area contributed by atoms with E-state index in [2.05, 4.69) is 4.98 Å². The van der Waals surface area contributed by atoms with Gasteiger partial charge in [0.2, 0.25) is 0 Å². The van der Waals surface area contributed by atoms with E-state index in [1.807, 2.05) is 27.7 Å². The van der Waals surface area contributed by atoms with Gasteiger partial charge >= 0.3 is 7.12 Å². The lowest BCUT2D eigenvalue weighted by atomic mass is 9.76. The molecule has 0 aliphatic carbocycles. The number of nitrogens with two attached hydrogens (primary N) is 1. The van der Waals surface area contributed by atoms with Crippen molar-refractivity contribution >= 4 is 18.5 Å². The summed E-state index contributed by atoms with van der Waals surface area (Å²) in [5.41, 5.74) is 6.23. The zero-order valence-electron chi connectivity index (χ0n) is 12.0. The van der Waals surface area contributed by atoms with E-state index in [9.17, 15) is 4.79 Å². The van der Waals surface area contributed by atoms with E-state index in [1.165, 1.54) is 0 Å². The highest BCUT2D eigenvalue weighted by molar-refractivity contribution is 6.62. The third-order valence-corrected chi connectivity index (χ3v) is 3.99. The zero-order chi connectivity index (χ0) is 14.4. The van der Waals surface area contributed by atoms with Gasteiger partial charge in [0.1, 0.15) is 5.69 Å². The molecule has 0 unspecified atom stereocenters. The molecular weight excluding hydrogens is 243 g/mol. The van der Waals surface area contributed by atoms with E-state index in [0.29, 0.717) is 5.56 Å². The summed E-state index contributed by atoms with van der Waals surface area (Å²) in [5.74, 6) is -0.545. The fraction of sp³-hybridized carbons (Fsp3) is 0.538. The molecule has 0 radical (unpaired) electrons. The Hall–Kier alpha value is -1.40. The summed E-state index contributed by atoms with van der Waals surface area (Å²) in [4.78, 5) is 15.3. The van der Waals surface area contributed by atoms with Gasteiger partial charge in [-0.3, -0.25) is 9.78 Å². The first-order valence-corrected chi connectivity index (χ1v) is 6.26. The van der Waals surface area contributed by atoms with Gasteiger partial charge in [0.05, 0.1) is 11.2 Å². The van der Waals surface area contributed by atoms with E-state index >= 15 is 0 Å². The predicted octanol–water partition coefficient (Wildman–Crippen LogP) is 0.788. The van der Waals surface area contributed by atoms with Crippen molar-refractivity contribution in [2.45, 2.75) is 45.8 Å². The largest absolute Gasteiger partial charge is 0.495 e. The normalized spacial score (nSPS) is 20.6. The summed E-state index contributed by atoms with van der Waals surface area (Å²) in [5, 5.41) is 0. The van der Waals surface area contributed by atoms with E-state index in [4.69, 9.17) is 15.0 Å². The Morgan fingerprint density at radius 3 is 2.26 bits per heavy atom. The van der Waals surface area contributed by atoms with Crippen molar-refractivity contribution < 1.29 is 14.1 Å². The van der Waals surface area contributed by atoms with Crippen LogP contribution in [0.3, 0.4) is 0 Å². The second kappa shape index (κ2) is 4.32. The van der Waals surface area contributed by atoms with Gasteiger partial charge in [0, 0.05) is 6.20 Å². The third kappa shape index (κ3) is 2.26. The molecule has 0 spiro atoms. The van der Waals surface area contributed by atoms with Crippen LogP contribution in [0.1, 0.15) is 43.7 Å². The number of nitrogens with zero attached hydrogens (tertiary/aromatic N) is 1. The number of hydrogen-bond donors (Lipinski definition) is 1. The van der Waals surface area contributed by atoms with Crippen LogP contribution in [-0.4, -0.2) is 29.2 Å². The lowest BCUT2D eigenvalue weighted by molar-refractivity contribution is 0.00578. The van der Waals surface area contributed by atoms with Gasteiger partial charge in [-0.2, -0.15) is 0 Å². The van der Waals surface area contributed by atoms with Crippen LogP contribution < -0.4 is 11.2 Å². The van der Waals surface area contributed by atoms with Gasteiger partial charge in [0.15, 0.2) is 0 Å². The van der Waals surface area contributed by atoms with Gasteiger partial charge < -0.3 is 15.0 Å². The SMILES string of the molecule is Cc1c(B2OC(C)(C)C(C)(C)O2)ccnc1C(N)=O. The molecule has 1 aromatic heterocycles. The van der Waals surface area contributed by atoms with Crippen molar-refractivity contribution in [1.29, 1.82) is 0 Å². The smallest absolute Gasteiger partial charge is 0.399 e. The quantitative estimate of drug-likeness (QED) is 0.799. The fourth-order valence-electron chi connectivity index (χ4n) is 2.02. The number of primary amides is 1. The highest BCUT2D eigenvalue weighted by Gasteiger charge is 2.52. The molecule has 0 aromatic carbocycles. The van der Waals surface area contributed by atoms with Crippen LogP contribution in [0, 0.1) is 6.92 Å². The lowest BCUT2D eigenvalue weighted by Crippen LogP contribution is -2.41. The molecule has 1 fully saturated rings. The van der Waals surface area contributed by atoms with Gasteiger partial charge in [-0.05, 0) is 51.7 Å². The first kappa shape index (κ1) is 14.0. The molecule has 2 rings (SSSR count). The average Bonchev–Trinajstić information content (AvgIpc) is 2.47.